The summed E-state index contributed by atoms with van der Waals surface area (Å²) < 4.78 is 0. The minimum Gasteiger partial charge on any atom is -0.398 e. The van der Waals surface area contributed by atoms with Gasteiger partial charge in [0.1, 0.15) is 0 Å². The molecule has 2 aromatic carbocycles. The molecule has 0 saturated carbocycles. The Morgan fingerprint density at radius 1 is 1.00 bits per heavy atom. The van der Waals surface area contributed by atoms with Gasteiger partial charge in [0.05, 0.1) is 0 Å². The second-order valence-corrected chi connectivity index (χ2v) is 2.88. The van der Waals surface area contributed by atoms with E-state index in [1.54, 1.807) is 0 Å². The van der Waals surface area contributed by atoms with Gasteiger partial charge in [0.2, 0.25) is 0 Å². The van der Waals surface area contributed by atoms with Crippen LogP contribution < -0.4 is 5.73 Å². The first-order chi connectivity index (χ1) is 6.38. The van der Waals surface area contributed by atoms with Gasteiger partial charge in [0.15, 0.2) is 0 Å². The van der Waals surface area contributed by atoms with Crippen molar-refractivity contribution in [2.75, 3.05) is 5.73 Å². The molecule has 0 amide bonds. The summed E-state index contributed by atoms with van der Waals surface area (Å²) in [4.78, 5) is 0. The first-order valence-corrected chi connectivity index (χ1v) is 4.19. The van der Waals surface area contributed by atoms with Gasteiger partial charge in [-0.1, -0.05) is 36.4 Å². The van der Waals surface area contributed by atoms with Gasteiger partial charge >= 0.3 is 0 Å². The largest absolute Gasteiger partial charge is 0.398 e. The van der Waals surface area contributed by atoms with Gasteiger partial charge in [0.25, 0.3) is 0 Å². The van der Waals surface area contributed by atoms with E-state index < -0.39 is 0 Å². The Morgan fingerprint density at radius 3 is 2.43 bits per heavy atom. The maximum atomic E-state index is 5.84. The van der Waals surface area contributed by atoms with Gasteiger partial charge in [-0.3, -0.25) is 0 Å². The van der Waals surface area contributed by atoms with Crippen LogP contribution in [-0.2, 0) is 20.4 Å². The molecule has 0 aliphatic heterocycles. The fourth-order valence-corrected chi connectivity index (χ4v) is 1.32. The van der Waals surface area contributed by atoms with Crippen molar-refractivity contribution in [3.05, 3.63) is 54.6 Å². The van der Waals surface area contributed by atoms with Crippen LogP contribution in [0.2, 0.25) is 0 Å². The van der Waals surface area contributed by atoms with Crippen molar-refractivity contribution in [2.45, 2.75) is 0 Å². The van der Waals surface area contributed by atoms with Crippen molar-refractivity contribution in [1.82, 2.24) is 0 Å². The van der Waals surface area contributed by atoms with Crippen molar-refractivity contribution in [3.63, 3.8) is 0 Å². The molecule has 0 unspecified atom stereocenters. The van der Waals surface area contributed by atoms with E-state index in [1.807, 2.05) is 48.5 Å². The molecule has 2 N–H and O–H groups in total. The monoisotopic (exact) mass is 274 g/mol. The van der Waals surface area contributed by atoms with Crippen LogP contribution in [0.4, 0.5) is 5.69 Å². The minimum absolute atomic E-state index is 0. The van der Waals surface area contributed by atoms with Crippen LogP contribution >= 0.6 is 0 Å². The van der Waals surface area contributed by atoms with Gasteiger partial charge in [0, 0.05) is 31.7 Å². The summed E-state index contributed by atoms with van der Waals surface area (Å²) in [5.74, 6) is 0. The van der Waals surface area contributed by atoms with E-state index in [1.165, 1.54) is 0 Å². The van der Waals surface area contributed by atoms with Gasteiger partial charge < -0.3 is 5.73 Å². The van der Waals surface area contributed by atoms with Crippen LogP contribution in [0, 0.1) is 6.07 Å². The zero-order valence-electron chi connectivity index (χ0n) is 7.51. The molecule has 1 nitrogen and oxygen atoms in total. The predicted octanol–water partition coefficient (Wildman–Crippen LogP) is 2.73. The summed E-state index contributed by atoms with van der Waals surface area (Å²) >= 11 is 0. The zero-order valence-corrected chi connectivity index (χ0v) is 9.07. The number of hydrogen-bond acceptors (Lipinski definition) is 1. The molecule has 1 radical (unpaired) electrons. The maximum Gasteiger partial charge on any atom is 0.0393 e. The Bertz CT molecular complexity index is 398. The minimum atomic E-state index is 0. The first-order valence-electron chi connectivity index (χ1n) is 4.19. The van der Waals surface area contributed by atoms with Crippen molar-refractivity contribution < 1.29 is 20.4 Å². The summed E-state index contributed by atoms with van der Waals surface area (Å²) in [7, 11) is 0. The van der Waals surface area contributed by atoms with E-state index >= 15 is 0 Å². The fourth-order valence-electron chi connectivity index (χ4n) is 1.32. The third kappa shape index (κ3) is 2.23. The number of benzene rings is 2. The van der Waals surface area contributed by atoms with Crippen molar-refractivity contribution in [1.29, 1.82) is 0 Å². The molecule has 0 fully saturated rings. The molecule has 73 valence electrons. The second kappa shape index (κ2) is 4.95. The molecule has 0 saturated heterocycles. The Morgan fingerprint density at radius 2 is 1.79 bits per heavy atom. The molecule has 2 heteroatoms. The van der Waals surface area contributed by atoms with Gasteiger partial charge in [-0.25, -0.2) is 0 Å². The molecule has 0 aliphatic carbocycles. The molecular formula is C12H10NPd. The van der Waals surface area contributed by atoms with Crippen LogP contribution in [0.1, 0.15) is 0 Å². The fraction of sp³-hybridized carbons (Fsp3) is 0. The molecule has 0 aliphatic rings. The van der Waals surface area contributed by atoms with Crippen LogP contribution in [-0.4, -0.2) is 0 Å². The quantitative estimate of drug-likeness (QED) is 0.628. The van der Waals surface area contributed by atoms with Crippen LogP contribution in [0.3, 0.4) is 0 Å². The van der Waals surface area contributed by atoms with Crippen LogP contribution in [0.5, 0.6) is 0 Å². The molecule has 0 atom stereocenters. The normalized spacial score (nSPS) is 9.14. The summed E-state index contributed by atoms with van der Waals surface area (Å²) in [6.45, 7) is 0. The Hall–Kier alpha value is -1.10. The van der Waals surface area contributed by atoms with E-state index in [-0.39, 0.29) is 20.4 Å². The summed E-state index contributed by atoms with van der Waals surface area (Å²) in [6, 6.07) is 18.7. The summed E-state index contributed by atoms with van der Waals surface area (Å²) in [6.07, 6.45) is 0. The van der Waals surface area contributed by atoms with Gasteiger partial charge in [-0.05, 0) is 23.8 Å². The average molecular weight is 275 g/mol. The van der Waals surface area contributed by atoms with E-state index in [2.05, 4.69) is 6.07 Å². The predicted molar refractivity (Wildman–Crippen MR) is 55.1 cm³/mol. The number of nitrogens with two attached hydrogens (primary N) is 1. The molecule has 2 rings (SSSR count). The Balaban J connectivity index is 0.000000980. The van der Waals surface area contributed by atoms with Crippen molar-refractivity contribution >= 4 is 5.69 Å². The van der Waals surface area contributed by atoms with Crippen LogP contribution in [0.15, 0.2) is 48.5 Å². The van der Waals surface area contributed by atoms with E-state index in [9.17, 15) is 0 Å². The number of nitrogen functional groups attached to an aromatic ring is 1. The van der Waals surface area contributed by atoms with Crippen molar-refractivity contribution in [2.24, 2.45) is 0 Å². The molecular weight excluding hydrogens is 265 g/mol. The molecule has 0 aromatic heterocycles. The number of rotatable bonds is 1. The van der Waals surface area contributed by atoms with Crippen molar-refractivity contribution in [3.8, 4) is 11.1 Å². The SMILES string of the molecule is Nc1ccccc1-c1c[c]ccc1.[Pd]. The third-order valence-electron chi connectivity index (χ3n) is 1.98. The van der Waals surface area contributed by atoms with E-state index in [0.29, 0.717) is 0 Å². The maximum absolute atomic E-state index is 5.84. The molecule has 2 aromatic rings. The molecule has 0 bridgehead atoms. The molecule has 14 heavy (non-hydrogen) atoms. The second-order valence-electron chi connectivity index (χ2n) is 2.88. The Labute approximate surface area is 97.6 Å². The van der Waals surface area contributed by atoms with Crippen LogP contribution in [0.25, 0.3) is 11.1 Å². The van der Waals surface area contributed by atoms with Gasteiger partial charge in [-0.15, -0.1) is 0 Å². The van der Waals surface area contributed by atoms with E-state index in [0.717, 1.165) is 16.8 Å². The number of anilines is 1. The smallest absolute Gasteiger partial charge is 0.0393 e. The van der Waals surface area contributed by atoms with Gasteiger partial charge in [-0.2, -0.15) is 0 Å². The van der Waals surface area contributed by atoms with E-state index in [4.69, 9.17) is 5.73 Å². The Kier molecular flexibility index (Phi) is 3.88. The number of hydrogen-bond donors (Lipinski definition) is 1. The third-order valence-corrected chi connectivity index (χ3v) is 1.98. The molecule has 0 heterocycles. The standard InChI is InChI=1S/C12H10N.Pd/c13-12-9-5-4-8-11(12)10-6-2-1-3-7-10;/h1-2,4-9H,13H2;. The average Bonchev–Trinajstić information content (AvgIpc) is 2.20. The summed E-state index contributed by atoms with van der Waals surface area (Å²) in [5, 5.41) is 0. The number of para-hydroxylation sites is 1. The topological polar surface area (TPSA) is 26.0 Å². The zero-order chi connectivity index (χ0) is 9.10. The first kappa shape index (κ1) is 11.0. The summed E-state index contributed by atoms with van der Waals surface area (Å²) in [5.41, 5.74) is 8.83. The molecule has 0 spiro atoms.